The molecule has 4 heterocycles. The van der Waals surface area contributed by atoms with Crippen LogP contribution in [0.1, 0.15) is 30.7 Å². The van der Waals surface area contributed by atoms with Crippen LogP contribution in [0.25, 0.3) is 43.6 Å². The van der Waals surface area contributed by atoms with E-state index in [1.165, 1.54) is 43.6 Å². The summed E-state index contributed by atoms with van der Waals surface area (Å²) in [5.74, 6) is 0. The average molecular weight is 590 g/mol. The summed E-state index contributed by atoms with van der Waals surface area (Å²) < 4.78 is 7.15. The van der Waals surface area contributed by atoms with Gasteiger partial charge < -0.3 is 9.13 Å². The molecule has 6 aromatic rings. The third kappa shape index (κ3) is 3.87. The molecule has 0 atom stereocenters. The van der Waals surface area contributed by atoms with E-state index in [1.54, 1.807) is 0 Å². The molecular weight excluding hydrogens is 564 g/mol. The summed E-state index contributed by atoms with van der Waals surface area (Å²) in [4.78, 5) is 9.18. The molecule has 6 heteroatoms. The number of rotatable bonds is 6. The van der Waals surface area contributed by atoms with Crippen molar-refractivity contribution in [2.45, 2.75) is 46.2 Å². The first kappa shape index (κ1) is 22.7. The monoisotopic (exact) mass is 588 g/mol. The maximum atomic E-state index is 4.59. The lowest BCUT2D eigenvalue weighted by molar-refractivity contribution is 0.569. The zero-order chi connectivity index (χ0) is 24.1. The van der Waals surface area contributed by atoms with Crippen molar-refractivity contribution in [1.82, 2.24) is 19.1 Å². The van der Waals surface area contributed by atoms with Gasteiger partial charge in [-0.25, -0.2) is 0 Å². The molecule has 0 aliphatic carbocycles. The first-order chi connectivity index (χ1) is 17.0. The van der Waals surface area contributed by atoms with Gasteiger partial charge in [0.2, 0.25) is 0 Å². The molecule has 0 bridgehead atoms. The SMILES string of the molecule is Cc1nccc2c3cc(Br)ccc3n(CCCCCn3c4ccc(Br)cc4c4ccnc(C)c43)c12. The average Bonchev–Trinajstić information content (AvgIpc) is 3.33. The highest BCUT2D eigenvalue weighted by Gasteiger charge is 2.15. The number of fused-ring (bicyclic) bond motifs is 6. The molecule has 0 saturated heterocycles. The lowest BCUT2D eigenvalue weighted by atomic mass is 10.2. The number of hydrogen-bond acceptors (Lipinski definition) is 2. The number of hydrogen-bond donors (Lipinski definition) is 0. The number of unbranched alkanes of at least 4 members (excludes halogenated alkanes) is 2. The maximum absolute atomic E-state index is 4.59. The second-order valence-electron chi connectivity index (χ2n) is 9.27. The van der Waals surface area contributed by atoms with Gasteiger partial charge in [0.1, 0.15) is 0 Å². The molecule has 6 rings (SSSR count). The second kappa shape index (κ2) is 9.07. The van der Waals surface area contributed by atoms with Crippen LogP contribution in [0.15, 0.2) is 69.9 Å². The topological polar surface area (TPSA) is 35.6 Å². The first-order valence-corrected chi connectivity index (χ1v) is 13.7. The minimum absolute atomic E-state index is 0.995. The Morgan fingerprint density at radius 1 is 0.600 bits per heavy atom. The summed E-state index contributed by atoms with van der Waals surface area (Å²) in [6, 6.07) is 17.5. The van der Waals surface area contributed by atoms with Gasteiger partial charge in [-0.1, -0.05) is 31.9 Å². The second-order valence-corrected chi connectivity index (χ2v) is 11.1. The minimum Gasteiger partial charge on any atom is -0.339 e. The highest BCUT2D eigenvalue weighted by Crippen LogP contribution is 2.34. The van der Waals surface area contributed by atoms with Gasteiger partial charge in [0.25, 0.3) is 0 Å². The number of pyridine rings is 2. The fraction of sp³-hybridized carbons (Fsp3) is 0.241. The molecule has 0 N–H and O–H groups in total. The van der Waals surface area contributed by atoms with Crippen LogP contribution in [0.2, 0.25) is 0 Å². The Kier molecular flexibility index (Phi) is 5.89. The molecule has 4 aromatic heterocycles. The predicted octanol–water partition coefficient (Wildman–Crippen LogP) is 8.70. The third-order valence-corrected chi connectivity index (χ3v) is 8.08. The normalized spacial score (nSPS) is 12.0. The Morgan fingerprint density at radius 3 is 1.51 bits per heavy atom. The van der Waals surface area contributed by atoms with Crippen molar-refractivity contribution in [3.63, 3.8) is 0 Å². The summed E-state index contributed by atoms with van der Waals surface area (Å²) in [6.45, 7) is 6.22. The van der Waals surface area contributed by atoms with E-state index in [1.807, 2.05) is 12.4 Å². The van der Waals surface area contributed by atoms with E-state index in [4.69, 9.17) is 0 Å². The summed E-state index contributed by atoms with van der Waals surface area (Å²) in [5, 5.41) is 5.15. The van der Waals surface area contributed by atoms with Crippen molar-refractivity contribution in [3.8, 4) is 0 Å². The zero-order valence-electron chi connectivity index (χ0n) is 19.9. The van der Waals surface area contributed by atoms with Gasteiger partial charge in [0.15, 0.2) is 0 Å². The summed E-state index contributed by atoms with van der Waals surface area (Å²) >= 11 is 7.29. The van der Waals surface area contributed by atoms with Crippen LogP contribution < -0.4 is 0 Å². The van der Waals surface area contributed by atoms with E-state index in [2.05, 4.69) is 113 Å². The van der Waals surface area contributed by atoms with Crippen molar-refractivity contribution < 1.29 is 0 Å². The molecule has 0 amide bonds. The highest BCUT2D eigenvalue weighted by atomic mass is 79.9. The molecule has 0 radical (unpaired) electrons. The van der Waals surface area contributed by atoms with E-state index < -0.39 is 0 Å². The molecule has 35 heavy (non-hydrogen) atoms. The van der Waals surface area contributed by atoms with Gasteiger partial charge in [-0.3, -0.25) is 9.97 Å². The van der Waals surface area contributed by atoms with E-state index in [-0.39, 0.29) is 0 Å². The molecule has 4 nitrogen and oxygen atoms in total. The van der Waals surface area contributed by atoms with Crippen molar-refractivity contribution in [2.24, 2.45) is 0 Å². The number of aromatic nitrogens is 4. The predicted molar refractivity (Wildman–Crippen MR) is 153 cm³/mol. The third-order valence-electron chi connectivity index (χ3n) is 7.10. The zero-order valence-corrected chi connectivity index (χ0v) is 23.0. The Hall–Kier alpha value is -2.70. The van der Waals surface area contributed by atoms with Crippen LogP contribution in [-0.4, -0.2) is 19.1 Å². The van der Waals surface area contributed by atoms with E-state index in [9.17, 15) is 0 Å². The van der Waals surface area contributed by atoms with Gasteiger partial charge in [0.05, 0.1) is 22.4 Å². The van der Waals surface area contributed by atoms with E-state index in [0.717, 1.165) is 52.7 Å². The smallest absolute Gasteiger partial charge is 0.0707 e. The maximum Gasteiger partial charge on any atom is 0.0707 e. The van der Waals surface area contributed by atoms with Crippen molar-refractivity contribution in [1.29, 1.82) is 0 Å². The van der Waals surface area contributed by atoms with Gasteiger partial charge in [0, 0.05) is 67.0 Å². The Labute approximate surface area is 221 Å². The van der Waals surface area contributed by atoms with Crippen molar-refractivity contribution in [3.05, 3.63) is 81.3 Å². The molecular formula is C29H26Br2N4. The first-order valence-electron chi connectivity index (χ1n) is 12.1. The number of nitrogens with zero attached hydrogens (tertiary/aromatic N) is 4. The van der Waals surface area contributed by atoms with Crippen molar-refractivity contribution in [2.75, 3.05) is 0 Å². The summed E-state index contributed by atoms with van der Waals surface area (Å²) in [6.07, 6.45) is 7.26. The summed E-state index contributed by atoms with van der Waals surface area (Å²) in [5.41, 5.74) is 7.27. The Balaban J connectivity index is 1.25. The quantitative estimate of drug-likeness (QED) is 0.182. The molecule has 0 fully saturated rings. The molecule has 0 aliphatic rings. The van der Waals surface area contributed by atoms with Crippen LogP contribution in [0.3, 0.4) is 0 Å². The minimum atomic E-state index is 0.995. The largest absolute Gasteiger partial charge is 0.339 e. The Bertz CT molecular complexity index is 1600. The van der Waals surface area contributed by atoms with Gasteiger partial charge >= 0.3 is 0 Å². The van der Waals surface area contributed by atoms with E-state index in [0.29, 0.717) is 0 Å². The fourth-order valence-electron chi connectivity index (χ4n) is 5.57. The molecule has 2 aromatic carbocycles. The van der Waals surface area contributed by atoms with Crippen LogP contribution in [0, 0.1) is 13.8 Å². The van der Waals surface area contributed by atoms with Crippen LogP contribution in [0.4, 0.5) is 0 Å². The molecule has 0 saturated carbocycles. The molecule has 0 unspecified atom stereocenters. The lowest BCUT2D eigenvalue weighted by Crippen LogP contribution is -2.02. The number of aryl methyl sites for hydroxylation is 4. The van der Waals surface area contributed by atoms with Crippen LogP contribution >= 0.6 is 31.9 Å². The lowest BCUT2D eigenvalue weighted by Gasteiger charge is -2.11. The fourth-order valence-corrected chi connectivity index (χ4v) is 6.30. The standard InChI is InChI=1S/C29H26Br2N4/c1-18-28-22(10-12-32-18)24-16-20(30)6-8-26(24)34(28)14-4-3-5-15-35-27-9-7-21(31)17-25(27)23-11-13-33-19(2)29(23)35/h6-13,16-17H,3-5,14-15H2,1-2H3. The van der Waals surface area contributed by atoms with Gasteiger partial charge in [-0.05, 0) is 81.6 Å². The van der Waals surface area contributed by atoms with Crippen LogP contribution in [-0.2, 0) is 13.1 Å². The molecule has 176 valence electrons. The molecule has 0 spiro atoms. The summed E-state index contributed by atoms with van der Waals surface area (Å²) in [7, 11) is 0. The number of halogens is 2. The number of benzene rings is 2. The molecule has 0 aliphatic heterocycles. The van der Waals surface area contributed by atoms with Crippen molar-refractivity contribution >= 4 is 75.5 Å². The van der Waals surface area contributed by atoms with Gasteiger partial charge in [-0.2, -0.15) is 0 Å². The van der Waals surface area contributed by atoms with E-state index >= 15 is 0 Å². The van der Waals surface area contributed by atoms with Gasteiger partial charge in [-0.15, -0.1) is 0 Å². The highest BCUT2D eigenvalue weighted by molar-refractivity contribution is 9.10. The Morgan fingerprint density at radius 2 is 1.06 bits per heavy atom. The van der Waals surface area contributed by atoms with Crippen LogP contribution in [0.5, 0.6) is 0 Å².